The van der Waals surface area contributed by atoms with Crippen molar-refractivity contribution >= 4 is 21.9 Å². The normalized spacial score (nSPS) is 27.4. The van der Waals surface area contributed by atoms with Crippen LogP contribution in [0.25, 0.3) is 0 Å². The molecular formula is C13H15BrO3. The number of carbonyl (C=O) groups is 1. The highest BCUT2D eigenvalue weighted by Crippen LogP contribution is 2.46. The summed E-state index contributed by atoms with van der Waals surface area (Å²) in [4.78, 5) is 12.0. The van der Waals surface area contributed by atoms with Crippen molar-refractivity contribution in [2.75, 3.05) is 14.2 Å². The quantitative estimate of drug-likeness (QED) is 0.805. The third kappa shape index (κ3) is 2.11. The Morgan fingerprint density at radius 3 is 2.65 bits per heavy atom. The van der Waals surface area contributed by atoms with E-state index in [1.807, 2.05) is 24.3 Å². The lowest BCUT2D eigenvalue weighted by atomic mass is 9.62. The van der Waals surface area contributed by atoms with Crippen LogP contribution >= 0.6 is 15.9 Å². The Balaban J connectivity index is 2.33. The van der Waals surface area contributed by atoms with E-state index in [1.165, 1.54) is 7.11 Å². The highest BCUT2D eigenvalue weighted by molar-refractivity contribution is 9.10. The van der Waals surface area contributed by atoms with Crippen LogP contribution in [0, 0.1) is 0 Å². The summed E-state index contributed by atoms with van der Waals surface area (Å²) in [6.07, 6.45) is 1.52. The fraction of sp³-hybridized carbons (Fsp3) is 0.462. The highest BCUT2D eigenvalue weighted by Gasteiger charge is 2.52. The van der Waals surface area contributed by atoms with Gasteiger partial charge in [-0.1, -0.05) is 28.1 Å². The molecule has 0 aliphatic heterocycles. The molecule has 0 heterocycles. The average molecular weight is 299 g/mol. The Morgan fingerprint density at radius 1 is 1.41 bits per heavy atom. The maximum atomic E-state index is 12.0. The van der Waals surface area contributed by atoms with Crippen LogP contribution in [0.4, 0.5) is 0 Å². The first-order valence-electron chi connectivity index (χ1n) is 5.49. The molecule has 92 valence electrons. The molecule has 0 bridgehead atoms. The van der Waals surface area contributed by atoms with Gasteiger partial charge in [0.2, 0.25) is 0 Å². The van der Waals surface area contributed by atoms with Gasteiger partial charge in [-0.3, -0.25) is 4.79 Å². The van der Waals surface area contributed by atoms with Crippen molar-refractivity contribution in [2.24, 2.45) is 0 Å². The highest BCUT2D eigenvalue weighted by atomic mass is 79.9. The monoisotopic (exact) mass is 298 g/mol. The van der Waals surface area contributed by atoms with Gasteiger partial charge in [0.25, 0.3) is 0 Å². The molecule has 0 unspecified atom stereocenters. The van der Waals surface area contributed by atoms with E-state index in [0.29, 0.717) is 12.8 Å². The maximum Gasteiger partial charge on any atom is 0.316 e. The van der Waals surface area contributed by atoms with E-state index >= 15 is 0 Å². The van der Waals surface area contributed by atoms with Crippen LogP contribution in [-0.2, 0) is 19.7 Å². The van der Waals surface area contributed by atoms with Crippen molar-refractivity contribution in [3.8, 4) is 0 Å². The first-order chi connectivity index (χ1) is 8.12. The largest absolute Gasteiger partial charge is 0.468 e. The lowest BCUT2D eigenvalue weighted by molar-refractivity contribution is -0.158. The molecular weight excluding hydrogens is 284 g/mol. The van der Waals surface area contributed by atoms with Crippen molar-refractivity contribution in [3.63, 3.8) is 0 Å². The van der Waals surface area contributed by atoms with Crippen LogP contribution in [0.1, 0.15) is 18.4 Å². The zero-order chi connectivity index (χ0) is 12.5. The molecule has 1 aromatic rings. The number of esters is 1. The molecule has 1 aliphatic rings. The molecule has 0 atom stereocenters. The molecule has 0 amide bonds. The van der Waals surface area contributed by atoms with E-state index in [-0.39, 0.29) is 12.1 Å². The van der Waals surface area contributed by atoms with Gasteiger partial charge in [0.15, 0.2) is 0 Å². The van der Waals surface area contributed by atoms with Crippen LogP contribution in [0.5, 0.6) is 0 Å². The van der Waals surface area contributed by atoms with Crippen molar-refractivity contribution in [1.82, 2.24) is 0 Å². The number of methoxy groups -OCH3 is 2. The lowest BCUT2D eigenvalue weighted by Gasteiger charge is -2.44. The van der Waals surface area contributed by atoms with E-state index in [2.05, 4.69) is 15.9 Å². The number of hydrogen-bond donors (Lipinski definition) is 0. The van der Waals surface area contributed by atoms with Gasteiger partial charge in [-0.15, -0.1) is 0 Å². The molecule has 0 N–H and O–H groups in total. The minimum absolute atomic E-state index is 0.146. The zero-order valence-corrected chi connectivity index (χ0v) is 11.5. The fourth-order valence-corrected chi connectivity index (χ4v) is 2.79. The molecule has 1 fully saturated rings. The van der Waals surface area contributed by atoms with Gasteiger partial charge in [0, 0.05) is 11.6 Å². The Hall–Kier alpha value is -0.870. The molecule has 3 nitrogen and oxygen atoms in total. The SMILES string of the molecule is COC(=O)[C@]1(c2cccc(Br)c2)C[C@H](OC)C1. The van der Waals surface area contributed by atoms with Crippen LogP contribution in [0.2, 0.25) is 0 Å². The standard InChI is InChI=1S/C13H15BrO3/c1-16-11-7-13(8-11,12(15)17-2)9-4-3-5-10(14)6-9/h3-6,11H,7-8H2,1-2H3/t11-,13+. The molecule has 0 spiro atoms. The number of ether oxygens (including phenoxy) is 2. The van der Waals surface area contributed by atoms with Gasteiger partial charge in [0.1, 0.15) is 0 Å². The van der Waals surface area contributed by atoms with Crippen molar-refractivity contribution in [2.45, 2.75) is 24.4 Å². The van der Waals surface area contributed by atoms with Crippen molar-refractivity contribution in [3.05, 3.63) is 34.3 Å². The molecule has 0 aromatic heterocycles. The minimum atomic E-state index is -0.529. The van der Waals surface area contributed by atoms with Gasteiger partial charge < -0.3 is 9.47 Å². The summed E-state index contributed by atoms with van der Waals surface area (Å²) >= 11 is 3.43. The van der Waals surface area contributed by atoms with Crippen LogP contribution in [-0.4, -0.2) is 26.3 Å². The number of hydrogen-bond acceptors (Lipinski definition) is 3. The smallest absolute Gasteiger partial charge is 0.316 e. The molecule has 17 heavy (non-hydrogen) atoms. The summed E-state index contributed by atoms with van der Waals surface area (Å²) in [6, 6.07) is 7.82. The average Bonchev–Trinajstić information content (AvgIpc) is 2.28. The van der Waals surface area contributed by atoms with E-state index in [0.717, 1.165) is 10.0 Å². The summed E-state index contributed by atoms with van der Waals surface area (Å²) in [5.74, 6) is -0.177. The third-order valence-electron chi connectivity index (χ3n) is 3.44. The lowest BCUT2D eigenvalue weighted by Crippen LogP contribution is -2.51. The Labute approximate surface area is 109 Å². The van der Waals surface area contributed by atoms with Crippen molar-refractivity contribution in [1.29, 1.82) is 0 Å². The van der Waals surface area contributed by atoms with E-state index in [1.54, 1.807) is 7.11 Å². The minimum Gasteiger partial charge on any atom is -0.468 e. The molecule has 1 aliphatic carbocycles. The molecule has 0 saturated heterocycles. The number of benzene rings is 1. The summed E-state index contributed by atoms with van der Waals surface area (Å²) in [5.41, 5.74) is 0.464. The second kappa shape index (κ2) is 4.78. The van der Waals surface area contributed by atoms with Gasteiger partial charge in [-0.25, -0.2) is 0 Å². The predicted molar refractivity (Wildman–Crippen MR) is 67.9 cm³/mol. The van der Waals surface area contributed by atoms with Gasteiger partial charge >= 0.3 is 5.97 Å². The first-order valence-corrected chi connectivity index (χ1v) is 6.29. The maximum absolute atomic E-state index is 12.0. The molecule has 1 aromatic carbocycles. The predicted octanol–water partition coefficient (Wildman–Crippen LogP) is 2.67. The second-order valence-electron chi connectivity index (χ2n) is 4.35. The zero-order valence-electron chi connectivity index (χ0n) is 9.90. The van der Waals surface area contributed by atoms with Gasteiger partial charge in [-0.05, 0) is 30.5 Å². The summed E-state index contributed by atoms with van der Waals surface area (Å²) in [5, 5.41) is 0. The summed E-state index contributed by atoms with van der Waals surface area (Å²) in [6.45, 7) is 0. The molecule has 1 saturated carbocycles. The van der Waals surface area contributed by atoms with E-state index < -0.39 is 5.41 Å². The first kappa shape index (κ1) is 12.6. The van der Waals surface area contributed by atoms with Gasteiger partial charge in [-0.2, -0.15) is 0 Å². The van der Waals surface area contributed by atoms with Crippen LogP contribution < -0.4 is 0 Å². The third-order valence-corrected chi connectivity index (χ3v) is 3.93. The second-order valence-corrected chi connectivity index (χ2v) is 5.27. The van der Waals surface area contributed by atoms with Crippen molar-refractivity contribution < 1.29 is 14.3 Å². The number of rotatable bonds is 3. The van der Waals surface area contributed by atoms with E-state index in [4.69, 9.17) is 9.47 Å². The summed E-state index contributed by atoms with van der Waals surface area (Å²) < 4.78 is 11.2. The number of halogens is 1. The summed E-state index contributed by atoms with van der Waals surface area (Å²) in [7, 11) is 3.11. The Kier molecular flexibility index (Phi) is 3.54. The van der Waals surface area contributed by atoms with Gasteiger partial charge in [0.05, 0.1) is 18.6 Å². The molecule has 0 radical (unpaired) electrons. The Morgan fingerprint density at radius 2 is 2.12 bits per heavy atom. The van der Waals surface area contributed by atoms with Crippen LogP contribution in [0.15, 0.2) is 28.7 Å². The fourth-order valence-electron chi connectivity index (χ4n) is 2.39. The topological polar surface area (TPSA) is 35.5 Å². The van der Waals surface area contributed by atoms with Crippen LogP contribution in [0.3, 0.4) is 0 Å². The number of carbonyl (C=O) groups excluding carboxylic acids is 1. The van der Waals surface area contributed by atoms with E-state index in [9.17, 15) is 4.79 Å². The molecule has 2 rings (SSSR count). The molecule has 4 heteroatoms. The Bertz CT molecular complexity index is 424.